The van der Waals surface area contributed by atoms with Gasteiger partial charge < -0.3 is 18.7 Å². The normalized spacial score (nSPS) is 14.3. The number of carbonyl (C=O) groups is 3. The van der Waals surface area contributed by atoms with Gasteiger partial charge in [0.25, 0.3) is 11.8 Å². The van der Waals surface area contributed by atoms with E-state index < -0.39 is 37.5 Å². The number of rotatable bonds is 9. The van der Waals surface area contributed by atoms with Crippen molar-refractivity contribution in [2.75, 3.05) is 34.0 Å². The van der Waals surface area contributed by atoms with Gasteiger partial charge in [-0.1, -0.05) is 12.1 Å². The number of halogens is 4. The van der Waals surface area contributed by atoms with Crippen LogP contribution < -0.4 is 9.47 Å². The predicted molar refractivity (Wildman–Crippen MR) is 133 cm³/mol. The molecule has 0 spiro atoms. The third kappa shape index (κ3) is 7.00. The molecular weight excluding hydrogens is 563 g/mol. The lowest BCUT2D eigenvalue weighted by Gasteiger charge is -2.18. The van der Waals surface area contributed by atoms with E-state index in [9.17, 15) is 31.7 Å². The summed E-state index contributed by atoms with van der Waals surface area (Å²) in [7, 11) is -0.398. The van der Waals surface area contributed by atoms with Crippen LogP contribution in [0.25, 0.3) is 10.9 Å². The van der Waals surface area contributed by atoms with Crippen LogP contribution in [0.4, 0.5) is 17.6 Å². The van der Waals surface area contributed by atoms with E-state index in [1.165, 1.54) is 51.3 Å². The van der Waals surface area contributed by atoms with Crippen LogP contribution in [0.1, 0.15) is 26.3 Å². The molecule has 2 amide bonds. The number of amides is 2. The number of hydrogen-bond donors (Lipinski definition) is 0. The van der Waals surface area contributed by atoms with Gasteiger partial charge in [0.15, 0.2) is 18.9 Å². The molecule has 1 aromatic heterocycles. The third-order valence-electron chi connectivity index (χ3n) is 5.43. The van der Waals surface area contributed by atoms with E-state index in [2.05, 4.69) is 4.98 Å². The van der Waals surface area contributed by atoms with Crippen molar-refractivity contribution in [1.82, 2.24) is 9.88 Å². The molecule has 4 rings (SSSR count). The third-order valence-corrected chi connectivity index (χ3v) is 6.80. The standard InChI is InChI=1S/C23H22FN2O7P.C2HF3O/c1-30-12-32-21-18-17(22(27)26(23(18)28)11-14-6-8-15(24)9-7-14)20(33-13-34(3,29)31-2)16-5-4-10-25-19(16)21;3-2(4,5)1-6/h4-10H,11-13H2,1-3H3;1H. The average molecular weight is 586 g/mol. The number of ether oxygens (including phenoxy) is 3. The second kappa shape index (κ2) is 12.5. The minimum atomic E-state index is -4.64. The predicted octanol–water partition coefficient (Wildman–Crippen LogP) is 4.79. The van der Waals surface area contributed by atoms with E-state index in [4.69, 9.17) is 23.5 Å². The molecule has 0 saturated heterocycles. The van der Waals surface area contributed by atoms with Crippen molar-refractivity contribution in [2.24, 2.45) is 0 Å². The molecule has 1 atom stereocenters. The molecule has 0 fully saturated rings. The van der Waals surface area contributed by atoms with Gasteiger partial charge >= 0.3 is 6.18 Å². The van der Waals surface area contributed by atoms with E-state index in [1.807, 2.05) is 0 Å². The highest BCUT2D eigenvalue weighted by Gasteiger charge is 2.43. The first-order chi connectivity index (χ1) is 18.8. The molecule has 10 nitrogen and oxygen atoms in total. The zero-order valence-electron chi connectivity index (χ0n) is 21.4. The number of aromatic nitrogens is 1. The van der Waals surface area contributed by atoms with Crippen molar-refractivity contribution in [3.05, 3.63) is 65.1 Å². The molecule has 1 aliphatic rings. The average Bonchev–Trinajstić information content (AvgIpc) is 3.16. The molecule has 0 N–H and O–H groups in total. The van der Waals surface area contributed by atoms with Crippen molar-refractivity contribution < 1.29 is 55.2 Å². The summed E-state index contributed by atoms with van der Waals surface area (Å²) < 4.78 is 78.6. The van der Waals surface area contributed by atoms with Crippen molar-refractivity contribution in [3.8, 4) is 11.5 Å². The first-order valence-electron chi connectivity index (χ1n) is 11.3. The Hall–Kier alpha value is -3.87. The Labute approximate surface area is 225 Å². The van der Waals surface area contributed by atoms with E-state index in [1.54, 1.807) is 12.1 Å². The lowest BCUT2D eigenvalue weighted by molar-refractivity contribution is -0.156. The summed E-state index contributed by atoms with van der Waals surface area (Å²) in [5.41, 5.74) is 0.767. The number of fused-ring (bicyclic) bond motifs is 2. The van der Waals surface area contributed by atoms with Crippen LogP contribution in [0.3, 0.4) is 0 Å². The van der Waals surface area contributed by atoms with E-state index in [0.717, 1.165) is 4.90 Å². The Balaban J connectivity index is 0.000000663. The number of pyridine rings is 1. The topological polar surface area (TPSA) is 121 Å². The smallest absolute Gasteiger partial charge is 0.446 e. The first-order valence-corrected chi connectivity index (χ1v) is 13.5. The molecule has 40 heavy (non-hydrogen) atoms. The SMILES string of the molecule is COCOc1c2c(c(OCP(C)(=O)OC)c3cccnc13)C(=O)N(Cc1ccc(F)cc1)C2=O.O=CC(F)(F)F. The van der Waals surface area contributed by atoms with Gasteiger partial charge in [0, 0.05) is 32.5 Å². The van der Waals surface area contributed by atoms with Gasteiger partial charge in [-0.25, -0.2) is 4.39 Å². The molecule has 2 heterocycles. The quantitative estimate of drug-likeness (QED) is 0.115. The molecular formula is C25H23F4N2O8P. The van der Waals surface area contributed by atoms with Crippen LogP contribution in [0.15, 0.2) is 42.6 Å². The minimum absolute atomic E-state index is 0.0326. The van der Waals surface area contributed by atoms with Crippen molar-refractivity contribution in [2.45, 2.75) is 12.7 Å². The van der Waals surface area contributed by atoms with Crippen LogP contribution in [0.2, 0.25) is 0 Å². The van der Waals surface area contributed by atoms with Gasteiger partial charge in [0.1, 0.15) is 22.6 Å². The van der Waals surface area contributed by atoms with Crippen LogP contribution in [-0.2, 0) is 25.2 Å². The number of carbonyl (C=O) groups excluding carboxylic acids is 3. The molecule has 3 aromatic rings. The molecule has 15 heteroatoms. The summed E-state index contributed by atoms with van der Waals surface area (Å²) >= 11 is 0. The summed E-state index contributed by atoms with van der Waals surface area (Å²) in [5.74, 6) is -1.56. The fourth-order valence-electron chi connectivity index (χ4n) is 3.58. The molecule has 0 aliphatic carbocycles. The molecule has 214 valence electrons. The van der Waals surface area contributed by atoms with Crippen LogP contribution >= 0.6 is 7.37 Å². The molecule has 0 bridgehead atoms. The lowest BCUT2D eigenvalue weighted by Crippen LogP contribution is -2.29. The fourth-order valence-corrected chi connectivity index (χ4v) is 4.05. The summed E-state index contributed by atoms with van der Waals surface area (Å²) in [6, 6.07) is 8.77. The molecule has 0 radical (unpaired) electrons. The van der Waals surface area contributed by atoms with Gasteiger partial charge in [0.05, 0.1) is 12.1 Å². The maximum Gasteiger partial charge on any atom is 0.446 e. The number of alkyl halides is 3. The van der Waals surface area contributed by atoms with E-state index in [0.29, 0.717) is 10.9 Å². The second-order valence-corrected chi connectivity index (χ2v) is 11.0. The summed E-state index contributed by atoms with van der Waals surface area (Å²) in [4.78, 5) is 41.0. The van der Waals surface area contributed by atoms with Gasteiger partial charge in [-0.05, 0) is 29.8 Å². The van der Waals surface area contributed by atoms with E-state index >= 15 is 0 Å². The first kappa shape index (κ1) is 30.7. The highest BCUT2D eigenvalue weighted by Crippen LogP contribution is 2.47. The number of aldehydes is 1. The number of methoxy groups -OCH3 is 1. The number of nitrogens with zero attached hydrogens (tertiary/aromatic N) is 2. The monoisotopic (exact) mass is 586 g/mol. The Kier molecular flexibility index (Phi) is 9.61. The number of benzene rings is 2. The molecule has 1 unspecified atom stereocenters. The zero-order valence-corrected chi connectivity index (χ0v) is 22.3. The van der Waals surface area contributed by atoms with Gasteiger partial charge in [-0.3, -0.25) is 28.8 Å². The fraction of sp³-hybridized carbons (Fsp3) is 0.280. The highest BCUT2D eigenvalue weighted by atomic mass is 31.2. The van der Waals surface area contributed by atoms with Crippen molar-refractivity contribution >= 4 is 36.4 Å². The van der Waals surface area contributed by atoms with Gasteiger partial charge in [0.2, 0.25) is 13.7 Å². The van der Waals surface area contributed by atoms with Gasteiger partial charge in [-0.2, -0.15) is 13.2 Å². The Bertz CT molecular complexity index is 1460. The Morgan fingerprint density at radius 3 is 2.15 bits per heavy atom. The Morgan fingerprint density at radius 1 is 1.00 bits per heavy atom. The maximum absolute atomic E-state index is 13.5. The molecule has 2 aromatic carbocycles. The summed E-state index contributed by atoms with van der Waals surface area (Å²) in [6.07, 6.45) is -4.51. The van der Waals surface area contributed by atoms with E-state index in [-0.39, 0.29) is 47.8 Å². The molecule has 1 aliphatic heterocycles. The zero-order chi connectivity index (χ0) is 29.7. The van der Waals surface area contributed by atoms with Crippen LogP contribution in [0, 0.1) is 5.82 Å². The number of hydrogen-bond acceptors (Lipinski definition) is 9. The second-order valence-electron chi connectivity index (χ2n) is 8.31. The van der Waals surface area contributed by atoms with Gasteiger partial charge in [-0.15, -0.1) is 0 Å². The number of imide groups is 1. The van der Waals surface area contributed by atoms with Crippen molar-refractivity contribution in [1.29, 1.82) is 0 Å². The largest absolute Gasteiger partial charge is 0.482 e. The Morgan fingerprint density at radius 2 is 1.60 bits per heavy atom. The van der Waals surface area contributed by atoms with Crippen LogP contribution in [0.5, 0.6) is 11.5 Å². The van der Waals surface area contributed by atoms with Crippen LogP contribution in [-0.4, -0.2) is 68.2 Å². The summed E-state index contributed by atoms with van der Waals surface area (Å²) in [5, 5.41) is 0.397. The lowest BCUT2D eigenvalue weighted by atomic mass is 10.0. The summed E-state index contributed by atoms with van der Waals surface area (Å²) in [6.45, 7) is 1.12. The highest BCUT2D eigenvalue weighted by molar-refractivity contribution is 7.57. The minimum Gasteiger partial charge on any atom is -0.482 e. The molecule has 0 saturated carbocycles. The van der Waals surface area contributed by atoms with Crippen molar-refractivity contribution in [3.63, 3.8) is 0 Å². The maximum atomic E-state index is 13.5.